The number of thiophene rings is 1. The molecule has 1 N–H and O–H groups in total. The smallest absolute Gasteiger partial charge is 0.139 e. The average molecular weight is 297 g/mol. The van der Waals surface area contributed by atoms with Crippen molar-refractivity contribution in [1.29, 1.82) is 0 Å². The average Bonchev–Trinajstić information content (AvgIpc) is 2.75. The van der Waals surface area contributed by atoms with Crippen LogP contribution in [0.2, 0.25) is 5.02 Å². The fraction of sp³-hybridized carbons (Fsp3) is 0.357. The van der Waals surface area contributed by atoms with Gasteiger partial charge in [0.15, 0.2) is 0 Å². The molecule has 19 heavy (non-hydrogen) atoms. The fourth-order valence-corrected chi connectivity index (χ4v) is 2.88. The Morgan fingerprint density at radius 2 is 2.21 bits per heavy atom. The molecule has 102 valence electrons. The van der Waals surface area contributed by atoms with E-state index in [2.05, 4.69) is 30.2 Å². The maximum Gasteiger partial charge on any atom is 0.139 e. The van der Waals surface area contributed by atoms with Gasteiger partial charge in [0, 0.05) is 34.1 Å². The van der Waals surface area contributed by atoms with E-state index in [1.807, 2.05) is 11.3 Å². The number of hydrogen-bond donors (Lipinski definition) is 1. The number of hydrogen-bond acceptors (Lipinski definition) is 4. The highest BCUT2D eigenvalue weighted by molar-refractivity contribution is 7.12. The van der Waals surface area contributed by atoms with Crippen molar-refractivity contribution in [1.82, 2.24) is 10.3 Å². The molecule has 0 radical (unpaired) electrons. The van der Waals surface area contributed by atoms with E-state index >= 15 is 0 Å². The maximum atomic E-state index is 5.87. The third-order valence-corrected chi connectivity index (χ3v) is 3.99. The van der Waals surface area contributed by atoms with Crippen LogP contribution in [0.4, 0.5) is 0 Å². The second kappa shape index (κ2) is 6.89. The van der Waals surface area contributed by atoms with Crippen molar-refractivity contribution in [3.05, 3.63) is 44.9 Å². The van der Waals surface area contributed by atoms with Crippen LogP contribution >= 0.6 is 22.9 Å². The van der Waals surface area contributed by atoms with Gasteiger partial charge in [0.1, 0.15) is 12.4 Å². The van der Waals surface area contributed by atoms with Crippen LogP contribution in [-0.2, 0) is 13.2 Å². The number of nitrogens with zero attached hydrogens (tertiary/aromatic N) is 1. The van der Waals surface area contributed by atoms with E-state index in [9.17, 15) is 0 Å². The molecule has 0 aliphatic carbocycles. The van der Waals surface area contributed by atoms with Crippen LogP contribution in [0.5, 0.6) is 5.75 Å². The first-order chi connectivity index (χ1) is 9.19. The molecule has 0 bridgehead atoms. The molecule has 2 aromatic heterocycles. The van der Waals surface area contributed by atoms with Crippen molar-refractivity contribution in [2.75, 3.05) is 6.54 Å². The molecule has 0 aromatic carbocycles. The zero-order valence-corrected chi connectivity index (χ0v) is 12.6. The standard InChI is InChI=1S/C14H17ClN2OS/c1-3-16-8-14-4-11(10(2)19-14)9-18-13-5-12(15)6-17-7-13/h4-7,16H,3,8-9H2,1-2H3. The molecule has 2 aromatic rings. The predicted octanol–water partition coefficient (Wildman–Crippen LogP) is 3.79. The Bertz CT molecular complexity index is 542. The van der Waals surface area contributed by atoms with Gasteiger partial charge in [-0.15, -0.1) is 11.3 Å². The molecular weight excluding hydrogens is 280 g/mol. The number of ether oxygens (including phenoxy) is 1. The molecule has 0 amide bonds. The van der Waals surface area contributed by atoms with Gasteiger partial charge in [0.05, 0.1) is 11.2 Å². The van der Waals surface area contributed by atoms with E-state index in [0.29, 0.717) is 17.4 Å². The first-order valence-corrected chi connectivity index (χ1v) is 7.40. The SMILES string of the molecule is CCNCc1cc(COc2cncc(Cl)c2)c(C)s1. The first kappa shape index (κ1) is 14.3. The summed E-state index contributed by atoms with van der Waals surface area (Å²) in [5.41, 5.74) is 1.22. The molecule has 5 heteroatoms. The molecule has 0 atom stereocenters. The van der Waals surface area contributed by atoms with E-state index in [1.54, 1.807) is 18.5 Å². The van der Waals surface area contributed by atoms with Gasteiger partial charge in [-0.05, 0) is 19.5 Å². The Hall–Kier alpha value is -1.10. The number of aromatic nitrogens is 1. The topological polar surface area (TPSA) is 34.1 Å². The molecule has 0 spiro atoms. The van der Waals surface area contributed by atoms with Crippen molar-refractivity contribution < 1.29 is 4.74 Å². The summed E-state index contributed by atoms with van der Waals surface area (Å²) in [6.45, 7) is 6.68. The van der Waals surface area contributed by atoms with Crippen LogP contribution in [-0.4, -0.2) is 11.5 Å². The summed E-state index contributed by atoms with van der Waals surface area (Å²) in [6.07, 6.45) is 3.27. The largest absolute Gasteiger partial charge is 0.487 e. The number of rotatable bonds is 6. The number of pyridine rings is 1. The van der Waals surface area contributed by atoms with Gasteiger partial charge in [-0.1, -0.05) is 18.5 Å². The minimum atomic E-state index is 0.552. The van der Waals surface area contributed by atoms with Crippen LogP contribution in [0.15, 0.2) is 24.5 Å². The lowest BCUT2D eigenvalue weighted by Crippen LogP contribution is -2.10. The van der Waals surface area contributed by atoms with E-state index in [-0.39, 0.29) is 0 Å². The Morgan fingerprint density at radius 3 is 2.95 bits per heavy atom. The third kappa shape index (κ3) is 4.20. The Morgan fingerprint density at radius 1 is 1.37 bits per heavy atom. The molecule has 0 aliphatic rings. The second-order valence-corrected chi connectivity index (χ2v) is 5.98. The van der Waals surface area contributed by atoms with Gasteiger partial charge < -0.3 is 10.1 Å². The van der Waals surface area contributed by atoms with Gasteiger partial charge in [0.2, 0.25) is 0 Å². The van der Waals surface area contributed by atoms with Gasteiger partial charge >= 0.3 is 0 Å². The van der Waals surface area contributed by atoms with E-state index < -0.39 is 0 Å². The van der Waals surface area contributed by atoms with Crippen molar-refractivity contribution in [3.8, 4) is 5.75 Å². The normalized spacial score (nSPS) is 10.7. The lowest BCUT2D eigenvalue weighted by atomic mass is 10.2. The summed E-state index contributed by atoms with van der Waals surface area (Å²) in [4.78, 5) is 6.63. The maximum absolute atomic E-state index is 5.87. The van der Waals surface area contributed by atoms with Crippen LogP contribution < -0.4 is 10.1 Å². The zero-order chi connectivity index (χ0) is 13.7. The zero-order valence-electron chi connectivity index (χ0n) is 11.1. The van der Waals surface area contributed by atoms with Crippen molar-refractivity contribution in [3.63, 3.8) is 0 Å². The first-order valence-electron chi connectivity index (χ1n) is 6.21. The van der Waals surface area contributed by atoms with Crippen LogP contribution in [0.25, 0.3) is 0 Å². The highest BCUT2D eigenvalue weighted by atomic mass is 35.5. The highest BCUT2D eigenvalue weighted by Gasteiger charge is 2.06. The Balaban J connectivity index is 1.97. The second-order valence-electron chi connectivity index (χ2n) is 4.20. The lowest BCUT2D eigenvalue weighted by Gasteiger charge is -2.05. The molecule has 0 fully saturated rings. The molecule has 3 nitrogen and oxygen atoms in total. The molecule has 0 saturated heterocycles. The van der Waals surface area contributed by atoms with Crippen molar-refractivity contribution >= 4 is 22.9 Å². The fourth-order valence-electron chi connectivity index (χ4n) is 1.70. The Labute approximate surface area is 122 Å². The summed E-state index contributed by atoms with van der Waals surface area (Å²) < 4.78 is 5.71. The number of halogens is 1. The minimum Gasteiger partial charge on any atom is -0.487 e. The van der Waals surface area contributed by atoms with Gasteiger partial charge in [-0.2, -0.15) is 0 Å². The summed E-state index contributed by atoms with van der Waals surface area (Å²) >= 11 is 7.68. The summed E-state index contributed by atoms with van der Waals surface area (Å²) in [7, 11) is 0. The van der Waals surface area contributed by atoms with E-state index in [4.69, 9.17) is 16.3 Å². The van der Waals surface area contributed by atoms with Crippen LogP contribution in [0, 0.1) is 6.92 Å². The molecule has 0 aliphatic heterocycles. The molecule has 2 heterocycles. The predicted molar refractivity (Wildman–Crippen MR) is 80.0 cm³/mol. The molecule has 0 unspecified atom stereocenters. The number of nitrogens with one attached hydrogen (secondary N) is 1. The third-order valence-electron chi connectivity index (χ3n) is 2.69. The highest BCUT2D eigenvalue weighted by Crippen LogP contribution is 2.23. The van der Waals surface area contributed by atoms with Gasteiger partial charge in [-0.25, -0.2) is 0 Å². The summed E-state index contributed by atoms with van der Waals surface area (Å²) in [6, 6.07) is 3.97. The van der Waals surface area contributed by atoms with Gasteiger partial charge in [-0.3, -0.25) is 4.98 Å². The van der Waals surface area contributed by atoms with Crippen LogP contribution in [0.1, 0.15) is 22.2 Å². The lowest BCUT2D eigenvalue weighted by molar-refractivity contribution is 0.305. The number of aryl methyl sites for hydroxylation is 1. The summed E-state index contributed by atoms with van der Waals surface area (Å²) in [5.74, 6) is 0.700. The van der Waals surface area contributed by atoms with Crippen molar-refractivity contribution in [2.45, 2.75) is 27.0 Å². The van der Waals surface area contributed by atoms with Crippen LogP contribution in [0.3, 0.4) is 0 Å². The minimum absolute atomic E-state index is 0.552. The Kier molecular flexibility index (Phi) is 5.19. The van der Waals surface area contributed by atoms with E-state index in [1.165, 1.54) is 15.3 Å². The monoisotopic (exact) mass is 296 g/mol. The quantitative estimate of drug-likeness (QED) is 0.880. The van der Waals surface area contributed by atoms with E-state index in [0.717, 1.165) is 13.1 Å². The summed E-state index contributed by atoms with van der Waals surface area (Å²) in [5, 5.41) is 3.92. The molecular formula is C14H17ClN2OS. The molecule has 0 saturated carbocycles. The van der Waals surface area contributed by atoms with Crippen molar-refractivity contribution in [2.24, 2.45) is 0 Å². The molecule has 2 rings (SSSR count). The van der Waals surface area contributed by atoms with Gasteiger partial charge in [0.25, 0.3) is 0 Å².